The van der Waals surface area contributed by atoms with Crippen LogP contribution in [0.15, 0.2) is 0 Å². The topological polar surface area (TPSA) is 78.9 Å². The number of ether oxygens (including phenoxy) is 3. The van der Waals surface area contributed by atoms with E-state index in [-0.39, 0.29) is 31.1 Å². The maximum Gasteiger partial charge on any atom is 0.306 e. The second kappa shape index (κ2) is 36.7. The van der Waals surface area contributed by atoms with Gasteiger partial charge in [0.2, 0.25) is 0 Å². The second-order valence-corrected chi connectivity index (χ2v) is 14.7. The van der Waals surface area contributed by atoms with Crippen LogP contribution in [0.5, 0.6) is 0 Å². The molecule has 0 N–H and O–H groups in total. The van der Waals surface area contributed by atoms with Gasteiger partial charge in [0.15, 0.2) is 6.10 Å². The summed E-state index contributed by atoms with van der Waals surface area (Å²) in [5.74, 6) is -0.0420. The molecule has 0 aromatic heterocycles. The van der Waals surface area contributed by atoms with Crippen molar-refractivity contribution in [2.24, 2.45) is 5.92 Å². The van der Waals surface area contributed by atoms with E-state index in [0.29, 0.717) is 19.3 Å². The number of hydrogen-bond acceptors (Lipinski definition) is 6. The average Bonchev–Trinajstić information content (AvgIpc) is 3.06. The monoisotopic (exact) mass is 681 g/mol. The Morgan fingerprint density at radius 3 is 1.02 bits per heavy atom. The number of rotatable bonds is 37. The molecule has 0 aromatic carbocycles. The molecule has 6 nitrogen and oxygen atoms in total. The molecule has 0 saturated heterocycles. The SMILES string of the molecule is CCCCCCCCCCCC(=O)OC[C@H](COC(=O)CCCCCCCCCCCCCC(C)C)OC(=O)CCCCCCCCC. The first-order chi connectivity index (χ1) is 23.4. The highest BCUT2D eigenvalue weighted by atomic mass is 16.6. The Balaban J connectivity index is 4.25. The van der Waals surface area contributed by atoms with Gasteiger partial charge in [-0.1, -0.05) is 188 Å². The lowest BCUT2D eigenvalue weighted by Gasteiger charge is -2.18. The highest BCUT2D eigenvalue weighted by molar-refractivity contribution is 5.71. The lowest BCUT2D eigenvalue weighted by Crippen LogP contribution is -2.30. The molecule has 0 aliphatic carbocycles. The van der Waals surface area contributed by atoms with Gasteiger partial charge in [0.1, 0.15) is 13.2 Å². The molecular formula is C42H80O6. The van der Waals surface area contributed by atoms with Crippen LogP contribution in [-0.4, -0.2) is 37.2 Å². The van der Waals surface area contributed by atoms with Gasteiger partial charge in [-0.3, -0.25) is 14.4 Å². The van der Waals surface area contributed by atoms with Crippen LogP contribution in [0.1, 0.15) is 227 Å². The fourth-order valence-corrected chi connectivity index (χ4v) is 6.10. The Labute approximate surface area is 298 Å². The zero-order chi connectivity index (χ0) is 35.3. The molecule has 0 aliphatic heterocycles. The summed E-state index contributed by atoms with van der Waals surface area (Å²) in [7, 11) is 0. The lowest BCUT2D eigenvalue weighted by atomic mass is 10.0. The third-order valence-electron chi connectivity index (χ3n) is 9.29. The quantitative estimate of drug-likeness (QED) is 0.0369. The van der Waals surface area contributed by atoms with Crippen molar-refractivity contribution in [3.05, 3.63) is 0 Å². The number of unbranched alkanes of at least 4 members (excludes halogenated alkanes) is 24. The van der Waals surface area contributed by atoms with Crippen molar-refractivity contribution >= 4 is 17.9 Å². The average molecular weight is 681 g/mol. The standard InChI is InChI=1S/C42H80O6/c1-5-7-9-11-13-17-22-25-29-33-40(43)46-36-39(48-42(45)35-31-27-20-12-10-8-6-2)37-47-41(44)34-30-26-23-19-16-14-15-18-21-24-28-32-38(3)4/h38-39H,5-37H2,1-4H3/t39-/m1/s1. The molecule has 0 spiro atoms. The highest BCUT2D eigenvalue weighted by Crippen LogP contribution is 2.15. The van der Waals surface area contributed by atoms with E-state index in [9.17, 15) is 14.4 Å². The van der Waals surface area contributed by atoms with E-state index in [2.05, 4.69) is 27.7 Å². The van der Waals surface area contributed by atoms with E-state index in [1.54, 1.807) is 0 Å². The lowest BCUT2D eigenvalue weighted by molar-refractivity contribution is -0.167. The van der Waals surface area contributed by atoms with E-state index in [1.165, 1.54) is 122 Å². The third kappa shape index (κ3) is 35.7. The Kier molecular flexibility index (Phi) is 35.5. The fraction of sp³-hybridized carbons (Fsp3) is 0.929. The first-order valence-electron chi connectivity index (χ1n) is 20.9. The van der Waals surface area contributed by atoms with Gasteiger partial charge in [-0.2, -0.15) is 0 Å². The van der Waals surface area contributed by atoms with Gasteiger partial charge in [-0.25, -0.2) is 0 Å². The Bertz CT molecular complexity index is 721. The van der Waals surface area contributed by atoms with Crippen LogP contribution < -0.4 is 0 Å². The molecular weight excluding hydrogens is 600 g/mol. The molecule has 0 heterocycles. The van der Waals surface area contributed by atoms with Crippen LogP contribution in [0, 0.1) is 5.92 Å². The molecule has 0 bridgehead atoms. The van der Waals surface area contributed by atoms with Crippen LogP contribution >= 0.6 is 0 Å². The van der Waals surface area contributed by atoms with Gasteiger partial charge in [-0.15, -0.1) is 0 Å². The van der Waals surface area contributed by atoms with Crippen molar-refractivity contribution in [2.75, 3.05) is 13.2 Å². The Hall–Kier alpha value is -1.59. The smallest absolute Gasteiger partial charge is 0.306 e. The van der Waals surface area contributed by atoms with Gasteiger partial charge >= 0.3 is 17.9 Å². The number of carbonyl (C=O) groups excluding carboxylic acids is 3. The first-order valence-corrected chi connectivity index (χ1v) is 20.9. The fourth-order valence-electron chi connectivity index (χ4n) is 6.10. The molecule has 0 fully saturated rings. The molecule has 0 aliphatic rings. The molecule has 0 unspecified atom stereocenters. The summed E-state index contributed by atoms with van der Waals surface area (Å²) in [6, 6.07) is 0. The number of hydrogen-bond donors (Lipinski definition) is 0. The molecule has 6 heteroatoms. The summed E-state index contributed by atoms with van der Waals surface area (Å²) in [5, 5.41) is 0. The summed E-state index contributed by atoms with van der Waals surface area (Å²) in [6.07, 6.45) is 33.8. The molecule has 0 aromatic rings. The summed E-state index contributed by atoms with van der Waals surface area (Å²) in [4.78, 5) is 37.4. The molecule has 0 rings (SSSR count). The zero-order valence-corrected chi connectivity index (χ0v) is 32.4. The maximum absolute atomic E-state index is 12.5. The van der Waals surface area contributed by atoms with Crippen molar-refractivity contribution in [1.29, 1.82) is 0 Å². The molecule has 48 heavy (non-hydrogen) atoms. The van der Waals surface area contributed by atoms with Gasteiger partial charge in [0.25, 0.3) is 0 Å². The molecule has 1 atom stereocenters. The minimum absolute atomic E-state index is 0.0651. The predicted octanol–water partition coefficient (Wildman–Crippen LogP) is 12.8. The molecule has 0 radical (unpaired) electrons. The van der Waals surface area contributed by atoms with E-state index in [1.807, 2.05) is 0 Å². The van der Waals surface area contributed by atoms with Crippen LogP contribution in [-0.2, 0) is 28.6 Å². The van der Waals surface area contributed by atoms with Gasteiger partial charge < -0.3 is 14.2 Å². The van der Waals surface area contributed by atoms with Gasteiger partial charge in [0, 0.05) is 19.3 Å². The third-order valence-corrected chi connectivity index (χ3v) is 9.29. The van der Waals surface area contributed by atoms with Crippen molar-refractivity contribution in [1.82, 2.24) is 0 Å². The first kappa shape index (κ1) is 46.4. The normalized spacial score (nSPS) is 11.9. The largest absolute Gasteiger partial charge is 0.462 e. The Morgan fingerprint density at radius 2 is 0.688 bits per heavy atom. The molecule has 0 amide bonds. The minimum Gasteiger partial charge on any atom is -0.462 e. The number of carbonyl (C=O) groups is 3. The summed E-state index contributed by atoms with van der Waals surface area (Å²) in [6.45, 7) is 8.92. The Morgan fingerprint density at radius 1 is 0.396 bits per heavy atom. The second-order valence-electron chi connectivity index (χ2n) is 14.7. The summed E-state index contributed by atoms with van der Waals surface area (Å²) in [5.41, 5.74) is 0. The minimum atomic E-state index is -0.756. The van der Waals surface area contributed by atoms with Gasteiger partial charge in [-0.05, 0) is 25.2 Å². The van der Waals surface area contributed by atoms with Crippen molar-refractivity contribution < 1.29 is 28.6 Å². The van der Waals surface area contributed by atoms with E-state index in [4.69, 9.17) is 14.2 Å². The molecule has 284 valence electrons. The van der Waals surface area contributed by atoms with Crippen LogP contribution in [0.25, 0.3) is 0 Å². The van der Waals surface area contributed by atoms with Crippen LogP contribution in [0.2, 0.25) is 0 Å². The van der Waals surface area contributed by atoms with E-state index in [0.717, 1.165) is 63.7 Å². The van der Waals surface area contributed by atoms with Crippen molar-refractivity contribution in [3.8, 4) is 0 Å². The van der Waals surface area contributed by atoms with Gasteiger partial charge in [0.05, 0.1) is 0 Å². The van der Waals surface area contributed by atoms with Crippen LogP contribution in [0.4, 0.5) is 0 Å². The van der Waals surface area contributed by atoms with Crippen molar-refractivity contribution in [2.45, 2.75) is 233 Å². The number of esters is 3. The summed E-state index contributed by atoms with van der Waals surface area (Å²) < 4.78 is 16.6. The van der Waals surface area contributed by atoms with E-state index >= 15 is 0 Å². The summed E-state index contributed by atoms with van der Waals surface area (Å²) >= 11 is 0. The highest BCUT2D eigenvalue weighted by Gasteiger charge is 2.19. The maximum atomic E-state index is 12.5. The van der Waals surface area contributed by atoms with Crippen molar-refractivity contribution in [3.63, 3.8) is 0 Å². The van der Waals surface area contributed by atoms with Crippen LogP contribution in [0.3, 0.4) is 0 Å². The predicted molar refractivity (Wildman–Crippen MR) is 201 cm³/mol. The van der Waals surface area contributed by atoms with E-state index < -0.39 is 6.10 Å². The molecule has 0 saturated carbocycles. The zero-order valence-electron chi connectivity index (χ0n) is 32.4.